The van der Waals surface area contributed by atoms with E-state index in [1.54, 1.807) is 11.8 Å². The Bertz CT molecular complexity index is 868. The molecule has 0 saturated heterocycles. The number of allylic oxidation sites excluding steroid dienone is 2. The number of hydrogen-bond donors (Lipinski definition) is 1. The fraction of sp³-hybridized carbons (Fsp3) is 0.476. The van der Waals surface area contributed by atoms with E-state index in [-0.39, 0.29) is 17.4 Å². The van der Waals surface area contributed by atoms with Crippen LogP contribution in [0.4, 0.5) is 0 Å². The lowest BCUT2D eigenvalue weighted by atomic mass is 9.59. The molecule has 2 heterocycles. The van der Waals surface area contributed by atoms with Gasteiger partial charge in [0.2, 0.25) is 0 Å². The predicted octanol–water partition coefficient (Wildman–Crippen LogP) is 4.98. The van der Waals surface area contributed by atoms with Crippen LogP contribution < -0.4 is 5.32 Å². The van der Waals surface area contributed by atoms with Gasteiger partial charge in [0.15, 0.2) is 11.9 Å². The Balaban J connectivity index is 1.99. The van der Waals surface area contributed by atoms with Gasteiger partial charge in [-0.2, -0.15) is 10.2 Å². The van der Waals surface area contributed by atoms with Gasteiger partial charge in [-0.25, -0.2) is 0 Å². The first-order valence-corrected chi connectivity index (χ1v) is 10.4. The van der Waals surface area contributed by atoms with Crippen LogP contribution in [0.2, 0.25) is 0 Å². The van der Waals surface area contributed by atoms with Gasteiger partial charge < -0.3 is 5.32 Å². The summed E-state index contributed by atoms with van der Waals surface area (Å²) in [7, 11) is 0. The van der Waals surface area contributed by atoms with Gasteiger partial charge in [-0.15, -0.1) is 11.8 Å². The molecule has 4 nitrogen and oxygen atoms in total. The Morgan fingerprint density at radius 3 is 2.85 bits per heavy atom. The Morgan fingerprint density at radius 1 is 1.31 bits per heavy atom. The van der Waals surface area contributed by atoms with Crippen molar-refractivity contribution in [3.8, 4) is 0 Å². The Morgan fingerprint density at radius 2 is 2.12 bits per heavy atom. The first-order chi connectivity index (χ1) is 12.4. The van der Waals surface area contributed by atoms with Gasteiger partial charge in [0.25, 0.3) is 0 Å². The number of thioether (sulfide) groups is 1. The minimum atomic E-state index is -0.436. The quantitative estimate of drug-likeness (QED) is 0.767. The molecule has 0 fully saturated rings. The third-order valence-corrected chi connectivity index (χ3v) is 6.60. The highest BCUT2D eigenvalue weighted by atomic mass is 32.2. The predicted molar refractivity (Wildman–Crippen MR) is 105 cm³/mol. The van der Waals surface area contributed by atoms with E-state index in [2.05, 4.69) is 66.8 Å². The van der Waals surface area contributed by atoms with E-state index in [0.717, 1.165) is 29.7 Å². The topological polar surface area (TPSA) is 53.8 Å². The van der Waals surface area contributed by atoms with E-state index in [0.29, 0.717) is 6.42 Å². The average molecular weight is 368 g/mol. The van der Waals surface area contributed by atoms with Crippen LogP contribution in [0.15, 0.2) is 62.4 Å². The molecular weight excluding hydrogens is 342 g/mol. The minimum Gasteiger partial charge on any atom is -0.362 e. The number of nitrogens with one attached hydrogen (secondary N) is 1. The third-order valence-electron chi connectivity index (χ3n) is 5.87. The number of ketones is 1. The monoisotopic (exact) mass is 367 g/mol. The lowest BCUT2D eigenvalue weighted by Gasteiger charge is -2.47. The largest absolute Gasteiger partial charge is 0.362 e. The summed E-state index contributed by atoms with van der Waals surface area (Å²) in [5.74, 6) is 0.256. The lowest BCUT2D eigenvalue weighted by molar-refractivity contribution is -0.119. The van der Waals surface area contributed by atoms with Crippen molar-refractivity contribution in [3.05, 3.63) is 52.9 Å². The van der Waals surface area contributed by atoms with Crippen LogP contribution in [0, 0.1) is 5.41 Å². The molecule has 0 amide bonds. The van der Waals surface area contributed by atoms with E-state index >= 15 is 0 Å². The summed E-state index contributed by atoms with van der Waals surface area (Å²) >= 11 is 1.73. The third kappa shape index (κ3) is 2.48. The Labute approximate surface area is 159 Å². The van der Waals surface area contributed by atoms with Crippen molar-refractivity contribution in [2.45, 2.75) is 56.5 Å². The fourth-order valence-electron chi connectivity index (χ4n) is 4.78. The second-order valence-corrected chi connectivity index (χ2v) is 9.03. The number of fused-ring (bicyclic) bond motifs is 1. The molecule has 2 aliphatic heterocycles. The average Bonchev–Trinajstić information content (AvgIpc) is 3.07. The molecular formula is C21H25N3OS. The molecule has 2 atom stereocenters. The van der Waals surface area contributed by atoms with Crippen LogP contribution in [0.1, 0.15) is 45.6 Å². The summed E-state index contributed by atoms with van der Waals surface area (Å²) in [4.78, 5) is 14.6. The molecule has 136 valence electrons. The molecule has 1 aromatic carbocycles. The zero-order valence-corrected chi connectivity index (χ0v) is 16.6. The molecule has 26 heavy (non-hydrogen) atoms. The van der Waals surface area contributed by atoms with Crippen LogP contribution in [0.5, 0.6) is 0 Å². The number of nitrogens with zero attached hydrogens (tertiary/aromatic N) is 2. The molecule has 0 saturated carbocycles. The molecule has 0 spiro atoms. The van der Waals surface area contributed by atoms with Crippen LogP contribution >= 0.6 is 11.8 Å². The standard InChI is InChI=1S/C21H25N3OS/c1-5-21(13-7-6-8-14(9-13)26-4)15-12-22-24-19(15)23-16-10-20(2,3)11-17(25)18(16)21/h6-9,12,19,23H,5,10-11H2,1-4H3. The van der Waals surface area contributed by atoms with E-state index in [1.165, 1.54) is 10.5 Å². The summed E-state index contributed by atoms with van der Waals surface area (Å²) in [6.07, 6.45) is 6.07. The van der Waals surface area contributed by atoms with Crippen molar-refractivity contribution in [3.63, 3.8) is 0 Å². The van der Waals surface area contributed by atoms with Crippen molar-refractivity contribution in [1.82, 2.24) is 5.32 Å². The highest BCUT2D eigenvalue weighted by molar-refractivity contribution is 7.98. The minimum absolute atomic E-state index is 0.0273. The molecule has 0 bridgehead atoms. The van der Waals surface area contributed by atoms with Crippen molar-refractivity contribution >= 4 is 17.5 Å². The van der Waals surface area contributed by atoms with Crippen molar-refractivity contribution in [1.29, 1.82) is 0 Å². The van der Waals surface area contributed by atoms with Crippen LogP contribution in [-0.2, 0) is 10.2 Å². The van der Waals surface area contributed by atoms with E-state index < -0.39 is 5.41 Å². The lowest BCUT2D eigenvalue weighted by Crippen LogP contribution is -2.51. The zero-order valence-electron chi connectivity index (χ0n) is 15.8. The highest BCUT2D eigenvalue weighted by Gasteiger charge is 2.52. The number of Topliss-reactive ketones (excluding diaryl/α,β-unsaturated/α-hetero) is 1. The van der Waals surface area contributed by atoms with Gasteiger partial charge in [-0.05, 0) is 42.2 Å². The molecule has 1 aliphatic carbocycles. The van der Waals surface area contributed by atoms with Crippen LogP contribution in [-0.4, -0.2) is 18.2 Å². The normalized spacial score (nSPS) is 29.2. The molecule has 0 aromatic heterocycles. The molecule has 0 radical (unpaired) electrons. The fourth-order valence-corrected chi connectivity index (χ4v) is 5.24. The first-order valence-electron chi connectivity index (χ1n) is 9.20. The molecule has 2 unspecified atom stereocenters. The SMILES string of the molecule is CCC1(c2cccc(SC)c2)C2=CN=NC2NC2=C1C(=O)CC(C)(C)C2. The van der Waals surface area contributed by atoms with Crippen molar-refractivity contribution in [2.24, 2.45) is 15.6 Å². The number of carbonyl (C=O) groups excluding carboxylic acids is 1. The van der Waals surface area contributed by atoms with Crippen LogP contribution in [0.3, 0.4) is 0 Å². The van der Waals surface area contributed by atoms with E-state index in [1.807, 2.05) is 6.20 Å². The highest BCUT2D eigenvalue weighted by Crippen LogP contribution is 2.53. The molecule has 5 heteroatoms. The summed E-state index contributed by atoms with van der Waals surface area (Å²) < 4.78 is 0. The Kier molecular flexibility index (Phi) is 4.10. The molecule has 1 aromatic rings. The van der Waals surface area contributed by atoms with E-state index in [9.17, 15) is 4.79 Å². The first kappa shape index (κ1) is 17.5. The van der Waals surface area contributed by atoms with Crippen molar-refractivity contribution in [2.75, 3.05) is 6.26 Å². The summed E-state index contributed by atoms with van der Waals surface area (Å²) in [5.41, 5.74) is 3.81. The second-order valence-electron chi connectivity index (χ2n) is 8.15. The van der Waals surface area contributed by atoms with Crippen molar-refractivity contribution < 1.29 is 4.79 Å². The summed E-state index contributed by atoms with van der Waals surface area (Å²) in [6, 6.07) is 8.60. The number of hydrogen-bond acceptors (Lipinski definition) is 5. The zero-order chi connectivity index (χ0) is 18.5. The van der Waals surface area contributed by atoms with Gasteiger partial charge in [-0.3, -0.25) is 4.79 Å². The van der Waals surface area contributed by atoms with Gasteiger partial charge in [0.05, 0.1) is 11.6 Å². The van der Waals surface area contributed by atoms with Gasteiger partial charge >= 0.3 is 0 Å². The maximum Gasteiger partial charge on any atom is 0.164 e. The number of rotatable bonds is 3. The molecule has 4 rings (SSSR count). The van der Waals surface area contributed by atoms with Gasteiger partial charge in [0, 0.05) is 28.2 Å². The molecule has 1 N–H and O–H groups in total. The smallest absolute Gasteiger partial charge is 0.164 e. The number of carbonyl (C=O) groups is 1. The number of azo groups is 1. The Hall–Kier alpha value is -1.88. The molecule has 3 aliphatic rings. The van der Waals surface area contributed by atoms with Gasteiger partial charge in [-0.1, -0.05) is 32.9 Å². The van der Waals surface area contributed by atoms with Gasteiger partial charge in [0.1, 0.15) is 0 Å². The maximum atomic E-state index is 13.3. The van der Waals surface area contributed by atoms with Crippen LogP contribution in [0.25, 0.3) is 0 Å². The second kappa shape index (κ2) is 6.08. The summed E-state index contributed by atoms with van der Waals surface area (Å²) in [6.45, 7) is 6.50. The number of benzene rings is 1. The van der Waals surface area contributed by atoms with E-state index in [4.69, 9.17) is 0 Å². The summed E-state index contributed by atoms with van der Waals surface area (Å²) in [5, 5.41) is 12.1. The maximum absolute atomic E-state index is 13.3.